The highest BCUT2D eigenvalue weighted by atomic mass is 32.1. The molecular formula is C15H18N2O3S. The molecule has 0 heterocycles. The zero-order valence-electron chi connectivity index (χ0n) is 11.7. The van der Waals surface area contributed by atoms with Crippen molar-refractivity contribution in [2.75, 3.05) is 12.9 Å². The molecule has 0 radical (unpaired) electrons. The molecule has 6 heteroatoms. The van der Waals surface area contributed by atoms with Crippen LogP contribution in [0.2, 0.25) is 0 Å². The van der Waals surface area contributed by atoms with E-state index in [1.807, 2.05) is 36.4 Å². The highest BCUT2D eigenvalue weighted by Crippen LogP contribution is 2.27. The van der Waals surface area contributed by atoms with E-state index >= 15 is 0 Å². The average Bonchev–Trinajstić information content (AvgIpc) is 2.54. The molecule has 1 amide bonds. The van der Waals surface area contributed by atoms with Crippen LogP contribution in [0.3, 0.4) is 0 Å². The Morgan fingerprint density at radius 2 is 2.14 bits per heavy atom. The molecule has 3 N–H and O–H groups in total. The van der Waals surface area contributed by atoms with Crippen molar-refractivity contribution in [1.29, 1.82) is 0 Å². The molecule has 112 valence electrons. The van der Waals surface area contributed by atoms with Crippen molar-refractivity contribution in [2.45, 2.75) is 12.6 Å². The van der Waals surface area contributed by atoms with Gasteiger partial charge in [0.25, 0.3) is 5.91 Å². The van der Waals surface area contributed by atoms with Gasteiger partial charge in [-0.05, 0) is 23.1 Å². The van der Waals surface area contributed by atoms with Gasteiger partial charge in [0.05, 0.1) is 13.2 Å². The van der Waals surface area contributed by atoms with Gasteiger partial charge in [-0.25, -0.2) is 5.48 Å². The Morgan fingerprint density at radius 3 is 2.81 bits per heavy atom. The molecule has 0 aliphatic heterocycles. The van der Waals surface area contributed by atoms with Gasteiger partial charge in [0, 0.05) is 17.7 Å². The summed E-state index contributed by atoms with van der Waals surface area (Å²) in [6, 6.07) is 11.4. The van der Waals surface area contributed by atoms with Gasteiger partial charge in [0.1, 0.15) is 5.75 Å². The summed E-state index contributed by atoms with van der Waals surface area (Å²) in [6.45, 7) is 0.472. The number of thiol groups is 1. The minimum atomic E-state index is -0.559. The molecule has 0 fully saturated rings. The van der Waals surface area contributed by atoms with Crippen LogP contribution in [0.4, 0.5) is 0 Å². The van der Waals surface area contributed by atoms with Crippen LogP contribution in [-0.4, -0.2) is 30.0 Å². The predicted octanol–water partition coefficient (Wildman–Crippen LogP) is 1.74. The number of hydrogen-bond acceptors (Lipinski definition) is 5. The minimum Gasteiger partial charge on any atom is -0.496 e. The van der Waals surface area contributed by atoms with Gasteiger partial charge in [-0.1, -0.05) is 24.3 Å². The number of benzene rings is 2. The highest BCUT2D eigenvalue weighted by Gasteiger charge is 2.15. The van der Waals surface area contributed by atoms with Crippen LogP contribution in [-0.2, 0) is 11.3 Å². The SMILES string of the molecule is COc1cc(CN[C@@H](CS)C(=O)NO)cc2ccccc12. The van der Waals surface area contributed by atoms with Crippen LogP contribution < -0.4 is 15.5 Å². The van der Waals surface area contributed by atoms with Gasteiger partial charge in [0.15, 0.2) is 0 Å². The third kappa shape index (κ3) is 3.66. The van der Waals surface area contributed by atoms with Gasteiger partial charge >= 0.3 is 0 Å². The average molecular weight is 306 g/mol. The Morgan fingerprint density at radius 1 is 1.38 bits per heavy atom. The van der Waals surface area contributed by atoms with Crippen molar-refractivity contribution in [2.24, 2.45) is 0 Å². The number of amides is 1. The van der Waals surface area contributed by atoms with Crippen molar-refractivity contribution in [3.63, 3.8) is 0 Å². The fourth-order valence-corrected chi connectivity index (χ4v) is 2.46. The van der Waals surface area contributed by atoms with Crippen LogP contribution in [0.25, 0.3) is 10.8 Å². The number of hydrogen-bond donors (Lipinski definition) is 4. The molecule has 5 nitrogen and oxygen atoms in total. The quantitative estimate of drug-likeness (QED) is 0.373. The largest absolute Gasteiger partial charge is 0.496 e. The lowest BCUT2D eigenvalue weighted by molar-refractivity contribution is -0.130. The first-order valence-corrected chi connectivity index (χ1v) is 7.16. The number of rotatable bonds is 6. The smallest absolute Gasteiger partial charge is 0.261 e. The van der Waals surface area contributed by atoms with Gasteiger partial charge in [0.2, 0.25) is 0 Å². The lowest BCUT2D eigenvalue weighted by atomic mass is 10.1. The first kappa shape index (κ1) is 15.6. The minimum absolute atomic E-state index is 0.289. The molecule has 0 bridgehead atoms. The number of nitrogens with one attached hydrogen (secondary N) is 2. The second kappa shape index (κ2) is 7.31. The summed E-state index contributed by atoms with van der Waals surface area (Å²) in [5, 5.41) is 13.8. The topological polar surface area (TPSA) is 70.6 Å². The second-order valence-corrected chi connectivity index (χ2v) is 4.98. The van der Waals surface area contributed by atoms with Crippen LogP contribution in [0.15, 0.2) is 36.4 Å². The first-order valence-electron chi connectivity index (χ1n) is 6.53. The van der Waals surface area contributed by atoms with Crippen LogP contribution >= 0.6 is 12.6 Å². The Balaban J connectivity index is 2.20. The summed E-state index contributed by atoms with van der Waals surface area (Å²) >= 11 is 4.09. The van der Waals surface area contributed by atoms with Crippen molar-refractivity contribution < 1.29 is 14.7 Å². The van der Waals surface area contributed by atoms with E-state index in [1.165, 1.54) is 0 Å². The number of carbonyl (C=O) groups excluding carboxylic acids is 1. The Labute approximate surface area is 128 Å². The zero-order valence-corrected chi connectivity index (χ0v) is 12.6. The van der Waals surface area contributed by atoms with E-state index in [0.29, 0.717) is 6.54 Å². The molecule has 0 spiro atoms. The predicted molar refractivity (Wildman–Crippen MR) is 84.9 cm³/mol. The standard InChI is InChI=1S/C15H18N2O3S/c1-20-14-7-10(6-11-4-2-3-5-12(11)14)8-16-13(9-21)15(18)17-19/h2-7,13,16,19,21H,8-9H2,1H3,(H,17,18)/t13-/m0/s1. The van der Waals surface area contributed by atoms with Crippen LogP contribution in [0.5, 0.6) is 5.75 Å². The van der Waals surface area contributed by atoms with E-state index in [0.717, 1.165) is 22.1 Å². The molecule has 0 aliphatic carbocycles. The molecule has 0 saturated carbocycles. The van der Waals surface area contributed by atoms with Crippen LogP contribution in [0, 0.1) is 0 Å². The summed E-state index contributed by atoms with van der Waals surface area (Å²) in [5.74, 6) is 0.577. The number of fused-ring (bicyclic) bond motifs is 1. The van der Waals surface area contributed by atoms with Gasteiger partial charge in [-0.3, -0.25) is 10.0 Å². The van der Waals surface area contributed by atoms with E-state index in [9.17, 15) is 4.79 Å². The van der Waals surface area contributed by atoms with Crippen molar-refractivity contribution in [3.8, 4) is 5.75 Å². The van der Waals surface area contributed by atoms with E-state index in [2.05, 4.69) is 17.9 Å². The molecule has 21 heavy (non-hydrogen) atoms. The Kier molecular flexibility index (Phi) is 5.44. The maximum Gasteiger partial charge on any atom is 0.261 e. The van der Waals surface area contributed by atoms with Crippen LogP contribution in [0.1, 0.15) is 5.56 Å². The lowest BCUT2D eigenvalue weighted by Gasteiger charge is -2.15. The Hall–Kier alpha value is -1.76. The molecule has 2 rings (SSSR count). The van der Waals surface area contributed by atoms with E-state index in [4.69, 9.17) is 9.94 Å². The summed E-state index contributed by atoms with van der Waals surface area (Å²) in [6.07, 6.45) is 0. The molecule has 2 aromatic carbocycles. The maximum absolute atomic E-state index is 11.4. The van der Waals surface area contributed by atoms with Crippen molar-refractivity contribution in [3.05, 3.63) is 42.0 Å². The monoisotopic (exact) mass is 306 g/mol. The molecular weight excluding hydrogens is 288 g/mol. The third-order valence-electron chi connectivity index (χ3n) is 3.27. The third-order valence-corrected chi connectivity index (χ3v) is 3.63. The van der Waals surface area contributed by atoms with E-state index in [1.54, 1.807) is 12.6 Å². The summed E-state index contributed by atoms with van der Waals surface area (Å²) < 4.78 is 5.41. The normalized spacial score (nSPS) is 12.1. The maximum atomic E-state index is 11.4. The number of carbonyl (C=O) groups is 1. The van der Waals surface area contributed by atoms with Gasteiger partial charge in [-0.15, -0.1) is 0 Å². The molecule has 0 unspecified atom stereocenters. The molecule has 0 aliphatic rings. The second-order valence-electron chi connectivity index (χ2n) is 4.61. The van der Waals surface area contributed by atoms with E-state index < -0.39 is 11.9 Å². The molecule has 0 aromatic heterocycles. The Bertz CT molecular complexity index is 633. The van der Waals surface area contributed by atoms with Crippen molar-refractivity contribution in [1.82, 2.24) is 10.8 Å². The fourth-order valence-electron chi connectivity index (χ4n) is 2.16. The summed E-state index contributed by atoms with van der Waals surface area (Å²) in [4.78, 5) is 11.4. The molecule has 0 saturated heterocycles. The zero-order chi connectivity index (χ0) is 15.2. The summed E-state index contributed by atoms with van der Waals surface area (Å²) in [7, 11) is 1.63. The van der Waals surface area contributed by atoms with E-state index in [-0.39, 0.29) is 5.75 Å². The van der Waals surface area contributed by atoms with Crippen molar-refractivity contribution >= 4 is 29.3 Å². The number of hydroxylamine groups is 1. The summed E-state index contributed by atoms with van der Waals surface area (Å²) in [5.41, 5.74) is 2.62. The number of ether oxygens (including phenoxy) is 1. The number of methoxy groups -OCH3 is 1. The lowest BCUT2D eigenvalue weighted by Crippen LogP contribution is -2.44. The van der Waals surface area contributed by atoms with Gasteiger partial charge in [-0.2, -0.15) is 12.6 Å². The van der Waals surface area contributed by atoms with Gasteiger partial charge < -0.3 is 10.1 Å². The molecule has 1 atom stereocenters. The fraction of sp³-hybridized carbons (Fsp3) is 0.267. The highest BCUT2D eigenvalue weighted by molar-refractivity contribution is 7.80. The first-order chi connectivity index (χ1) is 10.2. The molecule has 2 aromatic rings.